The van der Waals surface area contributed by atoms with Crippen LogP contribution in [0.5, 0.6) is 0 Å². The van der Waals surface area contributed by atoms with Crippen molar-refractivity contribution in [3.8, 4) is 24.7 Å². The minimum absolute atomic E-state index is 0.709. The molecule has 0 amide bonds. The Hall–Kier alpha value is -1.40. The van der Waals surface area contributed by atoms with Gasteiger partial charge in [0.1, 0.15) is 0 Å². The third-order valence-electron chi connectivity index (χ3n) is 1.75. The van der Waals surface area contributed by atoms with Gasteiger partial charge in [0.05, 0.1) is 5.57 Å². The fourth-order valence-corrected chi connectivity index (χ4v) is 1.15. The lowest BCUT2D eigenvalue weighted by Crippen LogP contribution is -1.90. The Morgan fingerprint density at radius 2 is 2.09 bits per heavy atom. The number of allylic oxidation sites excluding steroid dienone is 4. The molecule has 0 bridgehead atoms. The molecule has 0 unspecified atom stereocenters. The SMILES string of the molecule is C#CC(C#C)=C1C=CCCC1. The average molecular weight is 142 g/mol. The van der Waals surface area contributed by atoms with Crippen molar-refractivity contribution >= 4 is 0 Å². The maximum Gasteiger partial charge on any atom is 0.0770 e. The summed E-state index contributed by atoms with van der Waals surface area (Å²) in [6.07, 6.45) is 18.0. The Bertz CT molecular complexity index is 260. The first-order valence-corrected chi connectivity index (χ1v) is 3.71. The lowest BCUT2D eigenvalue weighted by Gasteiger charge is -2.06. The van der Waals surface area contributed by atoms with E-state index in [-0.39, 0.29) is 0 Å². The highest BCUT2D eigenvalue weighted by Gasteiger charge is 2.02. The predicted molar refractivity (Wildman–Crippen MR) is 47.7 cm³/mol. The molecule has 0 spiro atoms. The molecule has 0 heterocycles. The topological polar surface area (TPSA) is 0 Å². The highest BCUT2D eigenvalue weighted by atomic mass is 14.1. The average Bonchev–Trinajstić information content (AvgIpc) is 2.09. The fraction of sp³-hybridized carbons (Fsp3) is 0.273. The van der Waals surface area contributed by atoms with Crippen LogP contribution in [0, 0.1) is 24.7 Å². The maximum absolute atomic E-state index is 5.23. The number of terminal acetylenes is 2. The van der Waals surface area contributed by atoms with E-state index in [4.69, 9.17) is 12.8 Å². The van der Waals surface area contributed by atoms with E-state index >= 15 is 0 Å². The van der Waals surface area contributed by atoms with Gasteiger partial charge in [-0.25, -0.2) is 0 Å². The van der Waals surface area contributed by atoms with Gasteiger partial charge in [0.25, 0.3) is 0 Å². The molecule has 0 aromatic carbocycles. The highest BCUT2D eigenvalue weighted by Crippen LogP contribution is 2.18. The lowest BCUT2D eigenvalue weighted by atomic mass is 9.98. The van der Waals surface area contributed by atoms with E-state index in [1.165, 1.54) is 6.42 Å². The largest absolute Gasteiger partial charge is 0.114 e. The van der Waals surface area contributed by atoms with Crippen LogP contribution in [-0.4, -0.2) is 0 Å². The molecule has 0 nitrogen and oxygen atoms in total. The van der Waals surface area contributed by atoms with Gasteiger partial charge >= 0.3 is 0 Å². The summed E-state index contributed by atoms with van der Waals surface area (Å²) in [5, 5.41) is 0. The van der Waals surface area contributed by atoms with Crippen LogP contribution in [0.3, 0.4) is 0 Å². The van der Waals surface area contributed by atoms with Crippen molar-refractivity contribution in [3.63, 3.8) is 0 Å². The van der Waals surface area contributed by atoms with Gasteiger partial charge in [0.15, 0.2) is 0 Å². The summed E-state index contributed by atoms with van der Waals surface area (Å²) in [5.74, 6) is 5.03. The van der Waals surface area contributed by atoms with Gasteiger partial charge in [0, 0.05) is 0 Å². The zero-order valence-corrected chi connectivity index (χ0v) is 6.43. The van der Waals surface area contributed by atoms with Crippen molar-refractivity contribution in [2.24, 2.45) is 0 Å². The first kappa shape index (κ1) is 7.70. The van der Waals surface area contributed by atoms with Crippen LogP contribution < -0.4 is 0 Å². The molecule has 54 valence electrons. The van der Waals surface area contributed by atoms with E-state index in [0.29, 0.717) is 5.57 Å². The number of hydrogen-bond donors (Lipinski definition) is 0. The molecular weight excluding hydrogens is 132 g/mol. The second-order valence-corrected chi connectivity index (χ2v) is 2.48. The molecule has 0 saturated heterocycles. The van der Waals surface area contributed by atoms with E-state index < -0.39 is 0 Å². The Morgan fingerprint density at radius 3 is 2.55 bits per heavy atom. The third-order valence-corrected chi connectivity index (χ3v) is 1.75. The summed E-state index contributed by atoms with van der Waals surface area (Å²) in [4.78, 5) is 0. The smallest absolute Gasteiger partial charge is 0.0770 e. The Balaban J connectivity index is 2.96. The molecule has 0 aromatic heterocycles. The van der Waals surface area contributed by atoms with Gasteiger partial charge in [-0.05, 0) is 24.8 Å². The number of rotatable bonds is 0. The van der Waals surface area contributed by atoms with Crippen LogP contribution in [0.15, 0.2) is 23.3 Å². The second-order valence-electron chi connectivity index (χ2n) is 2.48. The van der Waals surface area contributed by atoms with Crippen molar-refractivity contribution in [2.45, 2.75) is 19.3 Å². The molecule has 0 saturated carbocycles. The Morgan fingerprint density at radius 1 is 1.36 bits per heavy atom. The van der Waals surface area contributed by atoms with Crippen molar-refractivity contribution in [1.29, 1.82) is 0 Å². The first-order chi connectivity index (χ1) is 5.38. The third kappa shape index (κ3) is 1.76. The molecule has 1 rings (SSSR count). The molecule has 0 heteroatoms. The van der Waals surface area contributed by atoms with Crippen LogP contribution in [0.4, 0.5) is 0 Å². The lowest BCUT2D eigenvalue weighted by molar-refractivity contribution is 0.819. The molecular formula is C11H10. The van der Waals surface area contributed by atoms with Gasteiger partial charge in [-0.15, -0.1) is 12.8 Å². The van der Waals surface area contributed by atoms with Crippen molar-refractivity contribution in [1.82, 2.24) is 0 Å². The molecule has 0 fully saturated rings. The van der Waals surface area contributed by atoms with Crippen molar-refractivity contribution in [2.75, 3.05) is 0 Å². The molecule has 0 aliphatic heterocycles. The van der Waals surface area contributed by atoms with E-state index in [1.807, 2.05) is 6.08 Å². The van der Waals surface area contributed by atoms with Crippen LogP contribution in [0.1, 0.15) is 19.3 Å². The van der Waals surface area contributed by atoms with E-state index in [2.05, 4.69) is 17.9 Å². The molecule has 0 N–H and O–H groups in total. The zero-order valence-electron chi connectivity index (χ0n) is 6.43. The number of hydrogen-bond acceptors (Lipinski definition) is 0. The molecule has 11 heavy (non-hydrogen) atoms. The summed E-state index contributed by atoms with van der Waals surface area (Å²) in [6.45, 7) is 0. The van der Waals surface area contributed by atoms with Gasteiger partial charge in [-0.2, -0.15) is 0 Å². The van der Waals surface area contributed by atoms with Gasteiger partial charge in [0.2, 0.25) is 0 Å². The van der Waals surface area contributed by atoms with Gasteiger partial charge in [-0.1, -0.05) is 24.0 Å². The summed E-state index contributed by atoms with van der Waals surface area (Å²) in [5.41, 5.74) is 1.85. The molecule has 0 atom stereocenters. The van der Waals surface area contributed by atoms with Gasteiger partial charge in [-0.3, -0.25) is 0 Å². The predicted octanol–water partition coefficient (Wildman–Crippen LogP) is 2.29. The highest BCUT2D eigenvalue weighted by molar-refractivity contribution is 5.49. The van der Waals surface area contributed by atoms with Crippen LogP contribution in [0.25, 0.3) is 0 Å². The standard InChI is InChI=1S/C11H10/c1-3-10(4-2)11-8-6-5-7-9-11/h1-2,6,8H,5,7,9H2. The molecule has 0 aromatic rings. The van der Waals surface area contributed by atoms with E-state index in [0.717, 1.165) is 18.4 Å². The van der Waals surface area contributed by atoms with E-state index in [1.54, 1.807) is 0 Å². The zero-order chi connectivity index (χ0) is 8.10. The Labute approximate surface area is 68.0 Å². The minimum atomic E-state index is 0.709. The molecule has 1 aliphatic carbocycles. The summed E-state index contributed by atoms with van der Waals surface area (Å²) >= 11 is 0. The maximum atomic E-state index is 5.23. The normalized spacial score (nSPS) is 15.3. The monoisotopic (exact) mass is 142 g/mol. The fourth-order valence-electron chi connectivity index (χ4n) is 1.15. The molecule has 1 aliphatic rings. The quantitative estimate of drug-likeness (QED) is 0.455. The summed E-state index contributed by atoms with van der Waals surface area (Å²) in [7, 11) is 0. The second kappa shape index (κ2) is 3.69. The van der Waals surface area contributed by atoms with Crippen LogP contribution in [-0.2, 0) is 0 Å². The summed E-state index contributed by atoms with van der Waals surface area (Å²) < 4.78 is 0. The van der Waals surface area contributed by atoms with Gasteiger partial charge < -0.3 is 0 Å². The van der Waals surface area contributed by atoms with Crippen molar-refractivity contribution in [3.05, 3.63) is 23.3 Å². The molecule has 0 radical (unpaired) electrons. The van der Waals surface area contributed by atoms with E-state index in [9.17, 15) is 0 Å². The Kier molecular flexibility index (Phi) is 2.59. The van der Waals surface area contributed by atoms with Crippen LogP contribution in [0.2, 0.25) is 0 Å². The van der Waals surface area contributed by atoms with Crippen molar-refractivity contribution < 1.29 is 0 Å². The first-order valence-electron chi connectivity index (χ1n) is 3.71. The minimum Gasteiger partial charge on any atom is -0.114 e. The summed E-state index contributed by atoms with van der Waals surface area (Å²) in [6, 6.07) is 0. The van der Waals surface area contributed by atoms with Crippen LogP contribution >= 0.6 is 0 Å².